The van der Waals surface area contributed by atoms with Gasteiger partial charge in [-0.25, -0.2) is 4.79 Å². The Morgan fingerprint density at radius 3 is 2.40 bits per heavy atom. The van der Waals surface area contributed by atoms with Crippen molar-refractivity contribution >= 4 is 40.8 Å². The Kier molecular flexibility index (Phi) is 4.91. The Hall–Kier alpha value is -3.81. The zero-order valence-corrected chi connectivity index (χ0v) is 16.2. The van der Waals surface area contributed by atoms with Gasteiger partial charge in [-0.1, -0.05) is 6.07 Å². The first-order chi connectivity index (χ1) is 14.3. The molecule has 152 valence electrons. The fourth-order valence-electron chi connectivity index (χ4n) is 3.58. The molecule has 0 bridgehead atoms. The lowest BCUT2D eigenvalue weighted by molar-refractivity contribution is -0.121. The van der Waals surface area contributed by atoms with E-state index in [0.29, 0.717) is 11.3 Å². The zero-order chi connectivity index (χ0) is 21.4. The van der Waals surface area contributed by atoms with E-state index >= 15 is 0 Å². The maximum absolute atomic E-state index is 12.4. The number of ether oxygens (including phenoxy) is 1. The molecule has 8 nitrogen and oxygen atoms in total. The average molecular weight is 406 g/mol. The van der Waals surface area contributed by atoms with Gasteiger partial charge in [-0.3, -0.25) is 24.1 Å². The Morgan fingerprint density at radius 1 is 0.933 bits per heavy atom. The standard InChI is InChI=1S/C22H18N2O6/c1-23-17-6-5-13(9-15(17)11-21(23)28)18(25)12-30-22(29)14-3-2-4-16(10-14)24-19(26)7-8-20(24)27/h2-6,9-10H,7-8,11-12H2,1H3. The molecule has 0 aliphatic carbocycles. The van der Waals surface area contributed by atoms with Crippen LogP contribution < -0.4 is 9.80 Å². The van der Waals surface area contributed by atoms with Crippen LogP contribution in [-0.2, 0) is 25.5 Å². The quantitative estimate of drug-likeness (QED) is 0.427. The van der Waals surface area contributed by atoms with Crippen LogP contribution in [0.1, 0.15) is 39.1 Å². The zero-order valence-electron chi connectivity index (χ0n) is 16.2. The Morgan fingerprint density at radius 2 is 1.67 bits per heavy atom. The van der Waals surface area contributed by atoms with Crippen molar-refractivity contribution in [3.8, 4) is 0 Å². The smallest absolute Gasteiger partial charge is 0.338 e. The minimum atomic E-state index is -0.736. The summed E-state index contributed by atoms with van der Waals surface area (Å²) in [4.78, 5) is 62.9. The van der Waals surface area contributed by atoms with E-state index in [1.165, 1.54) is 17.0 Å². The topological polar surface area (TPSA) is 101 Å². The van der Waals surface area contributed by atoms with E-state index in [1.54, 1.807) is 37.4 Å². The molecule has 1 saturated heterocycles. The number of likely N-dealkylation sites (N-methyl/N-ethyl adjacent to an activating group) is 1. The molecule has 2 heterocycles. The normalized spacial score (nSPS) is 15.6. The minimum absolute atomic E-state index is 0.0455. The lowest BCUT2D eigenvalue weighted by Crippen LogP contribution is -2.28. The van der Waals surface area contributed by atoms with Crippen LogP contribution in [0.3, 0.4) is 0 Å². The Bertz CT molecular complexity index is 1090. The lowest BCUT2D eigenvalue weighted by atomic mass is 10.1. The Balaban J connectivity index is 1.43. The molecule has 8 heteroatoms. The largest absolute Gasteiger partial charge is 0.454 e. The second-order valence-corrected chi connectivity index (χ2v) is 7.15. The SMILES string of the molecule is CN1C(=O)Cc2cc(C(=O)COC(=O)c3cccc(N4C(=O)CCC4=O)c3)ccc21. The first-order valence-corrected chi connectivity index (χ1v) is 9.41. The van der Waals surface area contributed by atoms with Gasteiger partial charge in [-0.05, 0) is 42.0 Å². The van der Waals surface area contributed by atoms with Crippen molar-refractivity contribution in [3.05, 3.63) is 59.2 Å². The van der Waals surface area contributed by atoms with Crippen LogP contribution in [0.15, 0.2) is 42.5 Å². The molecule has 2 aromatic rings. The number of anilines is 2. The molecule has 1 fully saturated rings. The van der Waals surface area contributed by atoms with E-state index < -0.39 is 18.4 Å². The molecule has 4 rings (SSSR count). The highest BCUT2D eigenvalue weighted by molar-refractivity contribution is 6.20. The molecule has 0 radical (unpaired) electrons. The molecule has 0 aromatic heterocycles. The molecule has 30 heavy (non-hydrogen) atoms. The van der Waals surface area contributed by atoms with E-state index in [0.717, 1.165) is 16.2 Å². The van der Waals surface area contributed by atoms with Crippen molar-refractivity contribution < 1.29 is 28.7 Å². The second-order valence-electron chi connectivity index (χ2n) is 7.15. The van der Waals surface area contributed by atoms with Gasteiger partial charge in [0.05, 0.1) is 17.7 Å². The number of carbonyl (C=O) groups is 5. The number of hydrogen-bond acceptors (Lipinski definition) is 6. The number of amides is 3. The van der Waals surface area contributed by atoms with Crippen molar-refractivity contribution in [1.82, 2.24) is 0 Å². The van der Waals surface area contributed by atoms with Crippen molar-refractivity contribution in [1.29, 1.82) is 0 Å². The third-order valence-corrected chi connectivity index (χ3v) is 5.20. The van der Waals surface area contributed by atoms with Gasteiger partial charge in [0.25, 0.3) is 0 Å². The number of esters is 1. The van der Waals surface area contributed by atoms with Crippen LogP contribution in [-0.4, -0.2) is 43.1 Å². The molecule has 0 spiro atoms. The fourth-order valence-corrected chi connectivity index (χ4v) is 3.58. The third-order valence-electron chi connectivity index (χ3n) is 5.20. The molecule has 0 N–H and O–H groups in total. The molecular formula is C22H18N2O6. The van der Waals surface area contributed by atoms with Crippen LogP contribution in [0, 0.1) is 0 Å². The molecule has 0 atom stereocenters. The highest BCUT2D eigenvalue weighted by atomic mass is 16.5. The fraction of sp³-hybridized carbons (Fsp3) is 0.227. The van der Waals surface area contributed by atoms with Gasteiger partial charge < -0.3 is 9.64 Å². The van der Waals surface area contributed by atoms with Crippen molar-refractivity contribution in [3.63, 3.8) is 0 Å². The summed E-state index contributed by atoms with van der Waals surface area (Å²) in [6.07, 6.45) is 0.516. The van der Waals surface area contributed by atoms with Gasteiger partial charge in [-0.15, -0.1) is 0 Å². The molecule has 0 saturated carbocycles. The molecular weight excluding hydrogens is 388 g/mol. The minimum Gasteiger partial charge on any atom is -0.454 e. The van der Waals surface area contributed by atoms with Crippen molar-refractivity contribution in [2.45, 2.75) is 19.3 Å². The highest BCUT2D eigenvalue weighted by Gasteiger charge is 2.30. The molecule has 2 aromatic carbocycles. The summed E-state index contributed by atoms with van der Waals surface area (Å²) in [6.45, 7) is -0.465. The van der Waals surface area contributed by atoms with Crippen LogP contribution in [0.4, 0.5) is 11.4 Å². The molecule has 2 aliphatic rings. The number of fused-ring (bicyclic) bond motifs is 1. The molecule has 3 amide bonds. The summed E-state index contributed by atoms with van der Waals surface area (Å²) in [5.41, 5.74) is 2.31. The van der Waals surface area contributed by atoms with Gasteiger partial charge >= 0.3 is 5.97 Å². The van der Waals surface area contributed by atoms with E-state index in [9.17, 15) is 24.0 Å². The first kappa shape index (κ1) is 19.5. The van der Waals surface area contributed by atoms with Crippen molar-refractivity contribution in [2.24, 2.45) is 0 Å². The summed E-state index contributed by atoms with van der Waals surface area (Å²) < 4.78 is 5.12. The van der Waals surface area contributed by atoms with Gasteiger partial charge in [0.2, 0.25) is 17.7 Å². The number of rotatable bonds is 5. The van der Waals surface area contributed by atoms with Crippen LogP contribution in [0.5, 0.6) is 0 Å². The summed E-state index contributed by atoms with van der Waals surface area (Å²) in [5.74, 6) is -1.81. The van der Waals surface area contributed by atoms with E-state index in [2.05, 4.69) is 0 Å². The van der Waals surface area contributed by atoms with E-state index in [4.69, 9.17) is 4.74 Å². The molecule has 2 aliphatic heterocycles. The predicted molar refractivity (Wildman–Crippen MR) is 106 cm³/mol. The second kappa shape index (κ2) is 7.55. The number of Topliss-reactive ketones (excluding diaryl/α,β-unsaturated/α-hetero) is 1. The maximum atomic E-state index is 12.4. The van der Waals surface area contributed by atoms with Crippen LogP contribution in [0.2, 0.25) is 0 Å². The van der Waals surface area contributed by atoms with Crippen LogP contribution >= 0.6 is 0 Å². The number of benzene rings is 2. The van der Waals surface area contributed by atoms with Gasteiger partial charge in [0, 0.05) is 31.1 Å². The third kappa shape index (κ3) is 3.47. The first-order valence-electron chi connectivity index (χ1n) is 9.41. The summed E-state index contributed by atoms with van der Waals surface area (Å²) >= 11 is 0. The highest BCUT2D eigenvalue weighted by Crippen LogP contribution is 2.28. The lowest BCUT2D eigenvalue weighted by Gasteiger charge is -2.14. The Labute approximate surface area is 172 Å². The summed E-state index contributed by atoms with van der Waals surface area (Å²) in [5, 5.41) is 0. The predicted octanol–water partition coefficient (Wildman–Crippen LogP) is 1.90. The van der Waals surface area contributed by atoms with E-state index in [-0.39, 0.29) is 42.5 Å². The number of imide groups is 1. The van der Waals surface area contributed by atoms with Gasteiger partial charge in [0.15, 0.2) is 12.4 Å². The van der Waals surface area contributed by atoms with Gasteiger partial charge in [-0.2, -0.15) is 0 Å². The molecule has 0 unspecified atom stereocenters. The summed E-state index contributed by atoms with van der Waals surface area (Å²) in [6, 6.07) is 10.9. The van der Waals surface area contributed by atoms with E-state index in [1.807, 2.05) is 0 Å². The monoisotopic (exact) mass is 406 g/mol. The number of carbonyl (C=O) groups excluding carboxylic acids is 5. The van der Waals surface area contributed by atoms with Crippen LogP contribution in [0.25, 0.3) is 0 Å². The maximum Gasteiger partial charge on any atom is 0.338 e. The number of ketones is 1. The van der Waals surface area contributed by atoms with Gasteiger partial charge in [0.1, 0.15) is 0 Å². The van der Waals surface area contributed by atoms with Crippen molar-refractivity contribution in [2.75, 3.05) is 23.5 Å². The number of nitrogens with zero attached hydrogens (tertiary/aromatic N) is 2. The number of hydrogen-bond donors (Lipinski definition) is 0. The summed E-state index contributed by atoms with van der Waals surface area (Å²) in [7, 11) is 1.68. The average Bonchev–Trinajstić information content (AvgIpc) is 3.23.